The van der Waals surface area contributed by atoms with Crippen molar-refractivity contribution in [2.75, 3.05) is 45.0 Å². The number of amides is 1. The van der Waals surface area contributed by atoms with Crippen LogP contribution in [0, 0.1) is 6.92 Å². The summed E-state index contributed by atoms with van der Waals surface area (Å²) in [5, 5.41) is 0.664. The summed E-state index contributed by atoms with van der Waals surface area (Å²) in [7, 11) is 1.64. The first-order valence-electron chi connectivity index (χ1n) is 10.4. The van der Waals surface area contributed by atoms with Crippen LogP contribution in [-0.4, -0.2) is 55.9 Å². The zero-order valence-electron chi connectivity index (χ0n) is 18.7. The maximum atomic E-state index is 13.6. The number of ether oxygens (including phenoxy) is 3. The number of nitrogens with zero attached hydrogens (tertiary/aromatic N) is 3. The van der Waals surface area contributed by atoms with Crippen LogP contribution < -0.4 is 19.1 Å². The second-order valence-corrected chi connectivity index (χ2v) is 8.29. The van der Waals surface area contributed by atoms with Crippen LogP contribution in [0.25, 0.3) is 10.2 Å². The van der Waals surface area contributed by atoms with Crippen LogP contribution in [0.5, 0.6) is 17.2 Å². The van der Waals surface area contributed by atoms with E-state index in [1.54, 1.807) is 30.2 Å². The fraction of sp³-hybridized carbons (Fsp3) is 0.391. The van der Waals surface area contributed by atoms with E-state index in [2.05, 4.69) is 18.7 Å². The fourth-order valence-electron chi connectivity index (χ4n) is 3.63. The third-order valence-corrected chi connectivity index (χ3v) is 6.76. The number of aryl methyl sites for hydroxylation is 1. The van der Waals surface area contributed by atoms with Gasteiger partial charge < -0.3 is 19.1 Å². The number of halogens is 1. The Morgan fingerprint density at radius 1 is 1.12 bits per heavy atom. The second-order valence-electron chi connectivity index (χ2n) is 7.31. The highest BCUT2D eigenvalue weighted by Gasteiger charge is 2.25. The molecule has 0 atom stereocenters. The van der Waals surface area contributed by atoms with E-state index in [4.69, 9.17) is 19.2 Å². The Bertz CT molecular complexity index is 1100. The van der Waals surface area contributed by atoms with Crippen molar-refractivity contribution in [3.63, 3.8) is 0 Å². The predicted octanol–water partition coefficient (Wildman–Crippen LogP) is 4.75. The Balaban J connectivity index is 0.00000289. The standard InChI is InChI=1S/C23H27N3O4S.ClH/c1-5-25(6-2)11-12-26(22(27)16-8-10-17-19(13-16)30-14-29-17)23-24-20-18(28-4)9-7-15(3)21(20)31-23;/h7-10,13H,5-6,11-12,14H2,1-4H3;1H. The van der Waals surface area contributed by atoms with Crippen LogP contribution >= 0.6 is 23.7 Å². The molecule has 2 aromatic carbocycles. The summed E-state index contributed by atoms with van der Waals surface area (Å²) in [6.07, 6.45) is 0. The topological polar surface area (TPSA) is 64.1 Å². The third-order valence-electron chi connectivity index (χ3n) is 5.54. The van der Waals surface area contributed by atoms with Gasteiger partial charge in [-0.05, 0) is 49.8 Å². The molecule has 1 aromatic heterocycles. The van der Waals surface area contributed by atoms with Crippen LogP contribution in [-0.2, 0) is 0 Å². The number of carbonyl (C=O) groups excluding carboxylic acids is 1. The third kappa shape index (κ3) is 4.62. The van der Waals surface area contributed by atoms with Crippen LogP contribution in [0.2, 0.25) is 0 Å². The molecule has 0 N–H and O–H groups in total. The highest BCUT2D eigenvalue weighted by molar-refractivity contribution is 7.22. The number of likely N-dealkylation sites (N-methyl/N-ethyl adjacent to an activating group) is 1. The first kappa shape index (κ1) is 24.1. The lowest BCUT2D eigenvalue weighted by molar-refractivity contribution is 0.0983. The van der Waals surface area contributed by atoms with Crippen molar-refractivity contribution in [2.45, 2.75) is 20.8 Å². The zero-order valence-corrected chi connectivity index (χ0v) is 20.3. The summed E-state index contributed by atoms with van der Waals surface area (Å²) in [6.45, 7) is 9.62. The molecule has 1 amide bonds. The van der Waals surface area contributed by atoms with Gasteiger partial charge in [0, 0.05) is 18.7 Å². The van der Waals surface area contributed by atoms with Crippen LogP contribution in [0.15, 0.2) is 30.3 Å². The van der Waals surface area contributed by atoms with E-state index >= 15 is 0 Å². The number of hydrogen-bond donors (Lipinski definition) is 0. The molecule has 1 aliphatic heterocycles. The Morgan fingerprint density at radius 3 is 2.59 bits per heavy atom. The first-order valence-corrected chi connectivity index (χ1v) is 11.2. The summed E-state index contributed by atoms with van der Waals surface area (Å²) in [5.74, 6) is 1.85. The van der Waals surface area contributed by atoms with E-state index in [0.29, 0.717) is 34.5 Å². The van der Waals surface area contributed by atoms with Crippen molar-refractivity contribution in [3.8, 4) is 17.2 Å². The Labute approximate surface area is 198 Å². The molecule has 0 saturated carbocycles. The molecule has 0 unspecified atom stereocenters. The maximum absolute atomic E-state index is 13.6. The van der Waals surface area contributed by atoms with E-state index in [1.807, 2.05) is 19.1 Å². The van der Waals surface area contributed by atoms with Crippen LogP contribution in [0.4, 0.5) is 5.13 Å². The van der Waals surface area contributed by atoms with Crippen molar-refractivity contribution < 1.29 is 19.0 Å². The molecule has 32 heavy (non-hydrogen) atoms. The number of rotatable bonds is 8. The molecule has 0 fully saturated rings. The van der Waals surface area contributed by atoms with Gasteiger partial charge >= 0.3 is 0 Å². The molecule has 0 aliphatic carbocycles. The normalized spacial score (nSPS) is 12.2. The van der Waals surface area contributed by atoms with Gasteiger partial charge in [0.2, 0.25) is 6.79 Å². The zero-order chi connectivity index (χ0) is 22.0. The van der Waals surface area contributed by atoms with Crippen LogP contribution in [0.1, 0.15) is 29.8 Å². The van der Waals surface area contributed by atoms with Gasteiger partial charge in [-0.1, -0.05) is 31.3 Å². The lowest BCUT2D eigenvalue weighted by Crippen LogP contribution is -2.38. The number of benzene rings is 2. The molecule has 3 aromatic rings. The molecular weight excluding hydrogens is 450 g/mol. The first-order chi connectivity index (χ1) is 15.0. The minimum atomic E-state index is -0.110. The molecule has 4 rings (SSSR count). The average Bonchev–Trinajstić information content (AvgIpc) is 3.44. The van der Waals surface area contributed by atoms with Gasteiger partial charge in [-0.3, -0.25) is 9.69 Å². The van der Waals surface area contributed by atoms with Crippen molar-refractivity contribution in [2.24, 2.45) is 0 Å². The molecule has 7 nitrogen and oxygen atoms in total. The number of anilines is 1. The molecule has 172 valence electrons. The molecule has 1 aliphatic rings. The number of methoxy groups -OCH3 is 1. The lowest BCUT2D eigenvalue weighted by atomic mass is 10.1. The van der Waals surface area contributed by atoms with Crippen molar-refractivity contribution in [1.29, 1.82) is 0 Å². The van der Waals surface area contributed by atoms with Gasteiger partial charge in [-0.2, -0.15) is 0 Å². The van der Waals surface area contributed by atoms with Gasteiger partial charge in [-0.15, -0.1) is 12.4 Å². The summed E-state index contributed by atoms with van der Waals surface area (Å²) >= 11 is 1.52. The maximum Gasteiger partial charge on any atom is 0.260 e. The van der Waals surface area contributed by atoms with E-state index in [1.165, 1.54) is 11.3 Å². The number of carbonyl (C=O) groups is 1. The summed E-state index contributed by atoms with van der Waals surface area (Å²) < 4.78 is 17.4. The van der Waals surface area contributed by atoms with E-state index in [-0.39, 0.29) is 25.1 Å². The molecule has 0 radical (unpaired) electrons. The van der Waals surface area contributed by atoms with E-state index in [0.717, 1.165) is 35.4 Å². The summed E-state index contributed by atoms with van der Waals surface area (Å²) in [4.78, 5) is 22.5. The minimum absolute atomic E-state index is 0. The largest absolute Gasteiger partial charge is 0.494 e. The van der Waals surface area contributed by atoms with Gasteiger partial charge in [0.05, 0.1) is 11.8 Å². The summed E-state index contributed by atoms with van der Waals surface area (Å²) in [5.41, 5.74) is 2.44. The average molecular weight is 478 g/mol. The molecule has 0 bridgehead atoms. The van der Waals surface area contributed by atoms with Crippen LogP contribution in [0.3, 0.4) is 0 Å². The van der Waals surface area contributed by atoms with Gasteiger partial charge in [0.25, 0.3) is 5.91 Å². The molecule has 9 heteroatoms. The monoisotopic (exact) mass is 477 g/mol. The number of hydrogen-bond acceptors (Lipinski definition) is 7. The highest BCUT2D eigenvalue weighted by atomic mass is 35.5. The van der Waals surface area contributed by atoms with E-state index < -0.39 is 0 Å². The number of aromatic nitrogens is 1. The Morgan fingerprint density at radius 2 is 1.88 bits per heavy atom. The van der Waals surface area contributed by atoms with Crippen molar-refractivity contribution >= 4 is 45.0 Å². The SMILES string of the molecule is CCN(CC)CCN(C(=O)c1ccc2c(c1)OCO2)c1nc2c(OC)ccc(C)c2s1.Cl. The Kier molecular flexibility index (Phi) is 7.82. The Hall–Kier alpha value is -2.55. The van der Waals surface area contributed by atoms with Gasteiger partial charge in [-0.25, -0.2) is 4.98 Å². The number of thiazole rings is 1. The minimum Gasteiger partial charge on any atom is -0.494 e. The number of fused-ring (bicyclic) bond motifs is 2. The van der Waals surface area contributed by atoms with Gasteiger partial charge in [0.1, 0.15) is 11.3 Å². The van der Waals surface area contributed by atoms with Crippen molar-refractivity contribution in [3.05, 3.63) is 41.5 Å². The van der Waals surface area contributed by atoms with Crippen molar-refractivity contribution in [1.82, 2.24) is 9.88 Å². The molecule has 0 spiro atoms. The fourth-order valence-corrected chi connectivity index (χ4v) is 4.71. The second kappa shape index (κ2) is 10.4. The summed E-state index contributed by atoms with van der Waals surface area (Å²) in [6, 6.07) is 9.24. The molecule has 2 heterocycles. The molecular formula is C23H28ClN3O4S. The lowest BCUT2D eigenvalue weighted by Gasteiger charge is -2.24. The van der Waals surface area contributed by atoms with E-state index in [9.17, 15) is 4.79 Å². The highest BCUT2D eigenvalue weighted by Crippen LogP contribution is 2.38. The quantitative estimate of drug-likeness (QED) is 0.466. The van der Waals surface area contributed by atoms with Gasteiger partial charge in [0.15, 0.2) is 16.6 Å². The molecule has 0 saturated heterocycles. The predicted molar refractivity (Wildman–Crippen MR) is 130 cm³/mol. The smallest absolute Gasteiger partial charge is 0.260 e.